The first-order chi connectivity index (χ1) is 14.6. The summed E-state index contributed by atoms with van der Waals surface area (Å²) in [5.74, 6) is 0.419. The zero-order valence-corrected chi connectivity index (χ0v) is 17.9. The van der Waals surface area contributed by atoms with Crippen LogP contribution in [0.2, 0.25) is 0 Å². The summed E-state index contributed by atoms with van der Waals surface area (Å²) >= 11 is 0. The Morgan fingerprint density at radius 1 is 1.27 bits per heavy atom. The van der Waals surface area contributed by atoms with Crippen LogP contribution < -0.4 is 4.90 Å². The van der Waals surface area contributed by atoms with Crippen LogP contribution in [-0.4, -0.2) is 46.3 Å². The van der Waals surface area contributed by atoms with E-state index in [4.69, 9.17) is 9.84 Å². The van der Waals surface area contributed by atoms with Crippen LogP contribution in [-0.2, 0) is 22.5 Å². The van der Waals surface area contributed by atoms with Gasteiger partial charge >= 0.3 is 0 Å². The third-order valence-electron chi connectivity index (χ3n) is 5.51. The topological polar surface area (TPSA) is 80.5 Å². The lowest BCUT2D eigenvalue weighted by atomic mass is 9.96. The molecular weight excluding hydrogens is 380 g/mol. The van der Waals surface area contributed by atoms with Crippen molar-refractivity contribution < 1.29 is 14.6 Å². The second kappa shape index (κ2) is 11.0. The molecule has 1 aliphatic rings. The molecule has 1 fully saturated rings. The van der Waals surface area contributed by atoms with Gasteiger partial charge in [0.2, 0.25) is 5.91 Å². The number of carbonyl (C=O) groups is 1. The molecule has 162 valence electrons. The first-order valence-electron chi connectivity index (χ1n) is 10.7. The molecule has 0 bridgehead atoms. The number of nitrogens with zero attached hydrogens (tertiary/aromatic N) is 4. The van der Waals surface area contributed by atoms with Crippen molar-refractivity contribution >= 4 is 11.6 Å². The summed E-state index contributed by atoms with van der Waals surface area (Å²) in [6.07, 6.45) is 10.2. The molecule has 2 heterocycles. The molecule has 1 N–H and O–H groups in total. The third-order valence-corrected chi connectivity index (χ3v) is 5.51. The van der Waals surface area contributed by atoms with Crippen LogP contribution in [0.3, 0.4) is 0 Å². The van der Waals surface area contributed by atoms with Crippen molar-refractivity contribution in [3.8, 4) is 0 Å². The molecule has 7 heteroatoms. The minimum absolute atomic E-state index is 0.0464. The number of allylic oxidation sites excluding steroid dienone is 1. The van der Waals surface area contributed by atoms with E-state index in [1.165, 1.54) is 0 Å². The molecule has 1 aliphatic heterocycles. The van der Waals surface area contributed by atoms with E-state index in [1.54, 1.807) is 11.8 Å². The summed E-state index contributed by atoms with van der Waals surface area (Å²) in [5, 5.41) is 17.1. The number of aliphatic hydroxyl groups is 1. The van der Waals surface area contributed by atoms with Gasteiger partial charge in [-0.15, -0.1) is 5.10 Å². The average molecular weight is 413 g/mol. The molecule has 3 rings (SSSR count). The number of ether oxygens (including phenoxy) is 1. The van der Waals surface area contributed by atoms with Gasteiger partial charge in [-0.1, -0.05) is 36.4 Å². The molecule has 30 heavy (non-hydrogen) atoms. The third kappa shape index (κ3) is 5.77. The van der Waals surface area contributed by atoms with Crippen LogP contribution in [0, 0.1) is 5.92 Å². The second-order valence-electron chi connectivity index (χ2n) is 7.77. The van der Waals surface area contributed by atoms with E-state index < -0.39 is 0 Å². The second-order valence-corrected chi connectivity index (χ2v) is 7.77. The first-order valence-corrected chi connectivity index (χ1v) is 10.7. The molecule has 0 aliphatic carbocycles. The lowest BCUT2D eigenvalue weighted by Gasteiger charge is -2.27. The molecule has 2 atom stereocenters. The van der Waals surface area contributed by atoms with E-state index in [9.17, 15) is 4.79 Å². The number of piperidine rings is 1. The highest BCUT2D eigenvalue weighted by molar-refractivity contribution is 5.93. The Kier molecular flexibility index (Phi) is 8.16. The summed E-state index contributed by atoms with van der Waals surface area (Å²) in [4.78, 5) is 14.0. The Balaban J connectivity index is 1.54. The Hall–Kier alpha value is -2.51. The zero-order chi connectivity index (χ0) is 21.3. The van der Waals surface area contributed by atoms with Crippen LogP contribution in [0.15, 0.2) is 42.6 Å². The van der Waals surface area contributed by atoms with Crippen LogP contribution in [0.5, 0.6) is 0 Å². The van der Waals surface area contributed by atoms with Crippen LogP contribution in [0.1, 0.15) is 50.0 Å². The van der Waals surface area contributed by atoms with E-state index in [2.05, 4.69) is 41.5 Å². The fourth-order valence-corrected chi connectivity index (χ4v) is 3.87. The van der Waals surface area contributed by atoms with Gasteiger partial charge in [-0.3, -0.25) is 9.48 Å². The number of anilines is 1. The number of methoxy groups -OCH3 is 1. The van der Waals surface area contributed by atoms with Gasteiger partial charge in [-0.05, 0) is 37.0 Å². The molecule has 0 spiro atoms. The van der Waals surface area contributed by atoms with Gasteiger partial charge < -0.3 is 14.7 Å². The summed E-state index contributed by atoms with van der Waals surface area (Å²) in [7, 11) is 1.73. The Morgan fingerprint density at radius 2 is 2.07 bits per heavy atom. The average Bonchev–Trinajstić information content (AvgIpc) is 3.20. The summed E-state index contributed by atoms with van der Waals surface area (Å²) in [5.41, 5.74) is 2.88. The normalized spacial score (nSPS) is 16.9. The predicted molar refractivity (Wildman–Crippen MR) is 116 cm³/mol. The van der Waals surface area contributed by atoms with E-state index >= 15 is 0 Å². The van der Waals surface area contributed by atoms with Crippen molar-refractivity contribution in [2.45, 2.75) is 51.7 Å². The SMILES string of the molecule is CO[C@H](c1ccc(N2CCCCC2=O)cc1)[C@H](C)/C=C/CCn1cc(CCO)nn1. The number of aromatic nitrogens is 3. The first kappa shape index (κ1) is 22.2. The predicted octanol–water partition coefficient (Wildman–Crippen LogP) is 3.30. The highest BCUT2D eigenvalue weighted by atomic mass is 16.5. The number of aryl methyl sites for hydroxylation is 1. The number of hydrogen-bond acceptors (Lipinski definition) is 5. The van der Waals surface area contributed by atoms with Crippen molar-refractivity contribution in [2.75, 3.05) is 25.2 Å². The highest BCUT2D eigenvalue weighted by Gasteiger charge is 2.21. The maximum Gasteiger partial charge on any atom is 0.226 e. The summed E-state index contributed by atoms with van der Waals surface area (Å²) in [6, 6.07) is 8.17. The number of rotatable bonds is 10. The highest BCUT2D eigenvalue weighted by Crippen LogP contribution is 2.29. The Labute approximate surface area is 178 Å². The molecule has 1 saturated heterocycles. The summed E-state index contributed by atoms with van der Waals surface area (Å²) in [6.45, 7) is 3.78. The smallest absolute Gasteiger partial charge is 0.226 e. The minimum Gasteiger partial charge on any atom is -0.396 e. The molecule has 0 unspecified atom stereocenters. The molecule has 2 aromatic rings. The molecule has 1 amide bonds. The Morgan fingerprint density at radius 3 is 2.77 bits per heavy atom. The van der Waals surface area contributed by atoms with Crippen LogP contribution >= 0.6 is 0 Å². The van der Waals surface area contributed by atoms with Crippen molar-refractivity contribution in [3.05, 3.63) is 53.9 Å². The van der Waals surface area contributed by atoms with Gasteiger partial charge in [0.25, 0.3) is 0 Å². The molecule has 0 saturated carbocycles. The fraction of sp³-hybridized carbons (Fsp3) is 0.522. The van der Waals surface area contributed by atoms with Crippen LogP contribution in [0.25, 0.3) is 0 Å². The van der Waals surface area contributed by atoms with Gasteiger partial charge in [0.1, 0.15) is 0 Å². The molecule has 0 radical (unpaired) electrons. The maximum absolute atomic E-state index is 12.1. The quantitative estimate of drug-likeness (QED) is 0.606. The van der Waals surface area contributed by atoms with Gasteiger partial charge in [0, 0.05) is 57.4 Å². The van der Waals surface area contributed by atoms with E-state index in [-0.39, 0.29) is 24.5 Å². The zero-order valence-electron chi connectivity index (χ0n) is 17.9. The van der Waals surface area contributed by atoms with Crippen molar-refractivity contribution in [2.24, 2.45) is 5.92 Å². The fourth-order valence-electron chi connectivity index (χ4n) is 3.87. The standard InChI is InChI=1S/C23H32N4O3/c1-18(7-3-5-14-26-17-20(13-16-28)24-25-26)23(30-2)19-9-11-21(12-10-19)27-15-6-4-8-22(27)29/h3,7,9-12,17-18,23,28H,4-6,8,13-16H2,1-2H3/b7-3+/t18-,23+/m1/s1. The van der Waals surface area contributed by atoms with E-state index in [0.29, 0.717) is 12.8 Å². The lowest BCUT2D eigenvalue weighted by molar-refractivity contribution is -0.119. The van der Waals surface area contributed by atoms with Gasteiger partial charge in [0.05, 0.1) is 11.8 Å². The number of benzene rings is 1. The number of aliphatic hydroxyl groups excluding tert-OH is 1. The molecular formula is C23H32N4O3. The van der Waals surface area contributed by atoms with Gasteiger partial charge in [0.15, 0.2) is 0 Å². The minimum atomic E-state index is -0.0464. The molecule has 7 nitrogen and oxygen atoms in total. The van der Waals surface area contributed by atoms with Gasteiger partial charge in [-0.25, -0.2) is 0 Å². The van der Waals surface area contributed by atoms with Gasteiger partial charge in [-0.2, -0.15) is 0 Å². The van der Waals surface area contributed by atoms with E-state index in [0.717, 1.165) is 49.3 Å². The number of hydrogen-bond donors (Lipinski definition) is 1. The summed E-state index contributed by atoms with van der Waals surface area (Å²) < 4.78 is 7.57. The number of carbonyl (C=O) groups excluding carboxylic acids is 1. The van der Waals surface area contributed by atoms with Crippen LogP contribution in [0.4, 0.5) is 5.69 Å². The molecule has 1 aromatic carbocycles. The van der Waals surface area contributed by atoms with Crippen molar-refractivity contribution in [1.82, 2.24) is 15.0 Å². The van der Waals surface area contributed by atoms with E-state index in [1.807, 2.05) is 23.2 Å². The van der Waals surface area contributed by atoms with Crippen molar-refractivity contribution in [3.63, 3.8) is 0 Å². The largest absolute Gasteiger partial charge is 0.396 e. The van der Waals surface area contributed by atoms with Crippen molar-refractivity contribution in [1.29, 1.82) is 0 Å². The number of amides is 1. The Bertz CT molecular complexity index is 831. The molecule has 1 aromatic heterocycles. The monoisotopic (exact) mass is 412 g/mol. The maximum atomic E-state index is 12.1. The lowest BCUT2D eigenvalue weighted by Crippen LogP contribution is -2.35.